The van der Waals surface area contributed by atoms with Crippen LogP contribution in [0.4, 0.5) is 0 Å². The quantitative estimate of drug-likeness (QED) is 0.842. The minimum atomic E-state index is -0.387. The van der Waals surface area contributed by atoms with Crippen molar-refractivity contribution in [2.75, 3.05) is 39.8 Å². The molecule has 1 spiro atoms. The van der Waals surface area contributed by atoms with E-state index in [1.165, 1.54) is 12.8 Å². The molecule has 4 rings (SSSR count). The third kappa shape index (κ3) is 3.55. The molecule has 3 aliphatic rings. The highest BCUT2D eigenvalue weighted by atomic mass is 16.5. The molecule has 0 radical (unpaired) electrons. The third-order valence-corrected chi connectivity index (χ3v) is 5.70. The monoisotopic (exact) mass is 368 g/mol. The lowest BCUT2D eigenvalue weighted by Gasteiger charge is -2.55. The smallest absolute Gasteiger partial charge is 0.254 e. The van der Waals surface area contributed by atoms with E-state index >= 15 is 0 Å². The lowest BCUT2D eigenvalue weighted by Crippen LogP contribution is -2.73. The number of rotatable bonds is 4. The summed E-state index contributed by atoms with van der Waals surface area (Å²) in [5.74, 6) is 0.591. The van der Waals surface area contributed by atoms with Crippen LogP contribution in [0.5, 0.6) is 0 Å². The molecule has 27 heavy (non-hydrogen) atoms. The van der Waals surface area contributed by atoms with Gasteiger partial charge in [0.1, 0.15) is 11.6 Å². The van der Waals surface area contributed by atoms with Crippen LogP contribution in [-0.2, 0) is 9.53 Å². The molecular formula is C20H24N4O3. The minimum absolute atomic E-state index is 0.00826. The first-order valence-electron chi connectivity index (χ1n) is 9.43. The first-order chi connectivity index (χ1) is 13.0. The molecule has 1 N–H and O–H groups in total. The van der Waals surface area contributed by atoms with Gasteiger partial charge in [-0.2, -0.15) is 5.26 Å². The van der Waals surface area contributed by atoms with Crippen LogP contribution < -0.4 is 5.32 Å². The molecule has 1 atom stereocenters. The van der Waals surface area contributed by atoms with Crippen molar-refractivity contribution in [1.82, 2.24) is 15.1 Å². The van der Waals surface area contributed by atoms with Gasteiger partial charge in [0.05, 0.1) is 31.3 Å². The molecule has 2 heterocycles. The first-order valence-corrected chi connectivity index (χ1v) is 9.43. The molecule has 2 aliphatic heterocycles. The fourth-order valence-electron chi connectivity index (χ4n) is 4.01. The number of nitrogens with zero attached hydrogens (tertiary/aromatic N) is 3. The molecule has 1 aromatic rings. The van der Waals surface area contributed by atoms with Gasteiger partial charge in [-0.05, 0) is 37.0 Å². The van der Waals surface area contributed by atoms with Crippen molar-refractivity contribution in [2.24, 2.45) is 5.92 Å². The third-order valence-electron chi connectivity index (χ3n) is 5.70. The number of benzene rings is 1. The van der Waals surface area contributed by atoms with Crippen LogP contribution in [0.2, 0.25) is 0 Å². The number of likely N-dealkylation sites (tertiary alicyclic amines) is 1. The molecule has 1 saturated carbocycles. The van der Waals surface area contributed by atoms with Gasteiger partial charge >= 0.3 is 0 Å². The zero-order valence-corrected chi connectivity index (χ0v) is 15.5. The number of carbonyl (C=O) groups excluding carboxylic acids is 2. The van der Waals surface area contributed by atoms with Gasteiger partial charge in [0.2, 0.25) is 5.91 Å². The molecule has 1 aliphatic carbocycles. The largest absolute Gasteiger partial charge is 0.368 e. The van der Waals surface area contributed by atoms with Gasteiger partial charge in [-0.3, -0.25) is 14.5 Å². The number of hydrogen-bond acceptors (Lipinski definition) is 5. The van der Waals surface area contributed by atoms with E-state index in [1.807, 2.05) is 0 Å². The molecule has 2 saturated heterocycles. The van der Waals surface area contributed by atoms with Gasteiger partial charge in [0.15, 0.2) is 0 Å². The molecule has 7 nitrogen and oxygen atoms in total. The summed E-state index contributed by atoms with van der Waals surface area (Å²) in [7, 11) is 1.65. The lowest BCUT2D eigenvalue weighted by molar-refractivity contribution is -0.191. The van der Waals surface area contributed by atoms with Crippen molar-refractivity contribution in [3.8, 4) is 6.07 Å². The molecule has 142 valence electrons. The second-order valence-corrected chi connectivity index (χ2v) is 7.85. The van der Waals surface area contributed by atoms with Crippen molar-refractivity contribution >= 4 is 11.8 Å². The van der Waals surface area contributed by atoms with Gasteiger partial charge in [-0.25, -0.2) is 0 Å². The lowest BCUT2D eigenvalue weighted by atomic mass is 9.89. The number of nitrogens with one attached hydrogen (secondary N) is 1. The van der Waals surface area contributed by atoms with Crippen LogP contribution in [0.15, 0.2) is 24.3 Å². The predicted octanol–water partition coefficient (Wildman–Crippen LogP) is 0.610. The summed E-state index contributed by atoms with van der Waals surface area (Å²) in [6.45, 7) is 2.98. The maximum atomic E-state index is 12.7. The Bertz CT molecular complexity index is 793. The van der Waals surface area contributed by atoms with Crippen LogP contribution in [0.1, 0.15) is 28.8 Å². The maximum absolute atomic E-state index is 12.7. The predicted molar refractivity (Wildman–Crippen MR) is 97.9 cm³/mol. The highest BCUT2D eigenvalue weighted by molar-refractivity contribution is 5.95. The summed E-state index contributed by atoms with van der Waals surface area (Å²) in [6.07, 6.45) is 2.45. The van der Waals surface area contributed by atoms with Crippen LogP contribution in [-0.4, -0.2) is 73.1 Å². The Morgan fingerprint density at radius 1 is 1.33 bits per heavy atom. The van der Waals surface area contributed by atoms with E-state index in [0.29, 0.717) is 43.3 Å². The van der Waals surface area contributed by atoms with Gasteiger partial charge < -0.3 is 15.0 Å². The second kappa shape index (κ2) is 6.95. The fraction of sp³-hybridized carbons (Fsp3) is 0.550. The highest BCUT2D eigenvalue weighted by Crippen LogP contribution is 2.36. The topological polar surface area (TPSA) is 85.7 Å². The number of morpholine rings is 1. The Balaban J connectivity index is 1.41. The van der Waals surface area contributed by atoms with E-state index in [-0.39, 0.29) is 23.5 Å². The van der Waals surface area contributed by atoms with Crippen molar-refractivity contribution in [3.05, 3.63) is 35.4 Å². The van der Waals surface area contributed by atoms with Crippen LogP contribution >= 0.6 is 0 Å². The van der Waals surface area contributed by atoms with Crippen molar-refractivity contribution in [1.29, 1.82) is 5.26 Å². The van der Waals surface area contributed by atoms with Crippen molar-refractivity contribution < 1.29 is 14.3 Å². The Kier molecular flexibility index (Phi) is 4.62. The van der Waals surface area contributed by atoms with E-state index in [1.54, 1.807) is 36.2 Å². The standard InChI is InChI=1S/C20H24N4O3/c1-22-18(25)17-10-27-20(11-23(17)9-14-5-6-14)12-24(13-20)19(26)16-4-2-3-15(7-16)8-21/h2-4,7,14,17H,5-6,9-13H2,1H3,(H,22,25)/t17-/m1/s1. The van der Waals surface area contributed by atoms with E-state index in [2.05, 4.69) is 16.3 Å². The summed E-state index contributed by atoms with van der Waals surface area (Å²) < 4.78 is 6.08. The molecule has 7 heteroatoms. The average molecular weight is 368 g/mol. The number of ether oxygens (including phenoxy) is 1. The van der Waals surface area contributed by atoms with Gasteiger partial charge in [0.25, 0.3) is 5.91 Å². The molecule has 2 amide bonds. The SMILES string of the molecule is CNC(=O)[C@H]1COC2(CN(C(=O)c3cccc(C#N)c3)C2)CN1CC1CC1. The fourth-order valence-corrected chi connectivity index (χ4v) is 4.01. The zero-order valence-electron chi connectivity index (χ0n) is 15.5. The molecule has 1 aromatic carbocycles. The van der Waals surface area contributed by atoms with E-state index < -0.39 is 0 Å². The molecule has 0 aromatic heterocycles. The van der Waals surface area contributed by atoms with E-state index in [0.717, 1.165) is 6.54 Å². The Labute approximate surface area is 158 Å². The van der Waals surface area contributed by atoms with Crippen LogP contribution in [0.25, 0.3) is 0 Å². The zero-order chi connectivity index (χ0) is 19.0. The number of amides is 2. The van der Waals surface area contributed by atoms with Gasteiger partial charge in [-0.1, -0.05) is 6.07 Å². The van der Waals surface area contributed by atoms with E-state index in [9.17, 15) is 9.59 Å². The highest BCUT2D eigenvalue weighted by Gasteiger charge is 2.52. The minimum Gasteiger partial charge on any atom is -0.368 e. The summed E-state index contributed by atoms with van der Waals surface area (Å²) in [6, 6.07) is 8.58. The van der Waals surface area contributed by atoms with Crippen molar-refractivity contribution in [3.63, 3.8) is 0 Å². The Hall–Kier alpha value is -2.43. The second-order valence-electron chi connectivity index (χ2n) is 7.85. The molecule has 0 bridgehead atoms. The summed E-state index contributed by atoms with van der Waals surface area (Å²) in [5.41, 5.74) is 0.619. The normalized spacial score (nSPS) is 24.1. The maximum Gasteiger partial charge on any atom is 0.254 e. The summed E-state index contributed by atoms with van der Waals surface area (Å²) in [5, 5.41) is 11.7. The van der Waals surface area contributed by atoms with Crippen LogP contribution in [0, 0.1) is 17.2 Å². The summed E-state index contributed by atoms with van der Waals surface area (Å²) in [4.78, 5) is 28.9. The number of nitriles is 1. The van der Waals surface area contributed by atoms with E-state index in [4.69, 9.17) is 10.00 Å². The van der Waals surface area contributed by atoms with Gasteiger partial charge in [-0.15, -0.1) is 0 Å². The van der Waals surface area contributed by atoms with Gasteiger partial charge in [0, 0.05) is 25.7 Å². The van der Waals surface area contributed by atoms with Crippen LogP contribution in [0.3, 0.4) is 0 Å². The molecule has 0 unspecified atom stereocenters. The number of hydrogen-bond donors (Lipinski definition) is 1. The number of carbonyl (C=O) groups is 2. The molecular weight excluding hydrogens is 344 g/mol. The Morgan fingerprint density at radius 3 is 2.78 bits per heavy atom. The number of likely N-dealkylation sites (N-methyl/N-ethyl adjacent to an activating group) is 1. The summed E-state index contributed by atoms with van der Waals surface area (Å²) >= 11 is 0. The molecule has 3 fully saturated rings. The van der Waals surface area contributed by atoms with Crippen molar-refractivity contribution in [2.45, 2.75) is 24.5 Å². The first kappa shape index (κ1) is 18.0. The Morgan fingerprint density at radius 2 is 2.11 bits per heavy atom. The average Bonchev–Trinajstić information content (AvgIpc) is 3.49.